The lowest BCUT2D eigenvalue weighted by atomic mass is 10.2. The topological polar surface area (TPSA) is 55.4 Å². The fourth-order valence-corrected chi connectivity index (χ4v) is 3.08. The molecule has 0 radical (unpaired) electrons. The molecule has 0 aliphatic carbocycles. The molecule has 2 aromatic rings. The molecule has 5 heteroatoms. The van der Waals surface area contributed by atoms with Crippen LogP contribution in [0.15, 0.2) is 52.3 Å². The molecule has 0 aromatic heterocycles. The van der Waals surface area contributed by atoms with Crippen LogP contribution in [-0.2, 0) is 4.74 Å². The molecule has 0 unspecified atom stereocenters. The van der Waals surface area contributed by atoms with Crippen LogP contribution in [0.4, 0.5) is 5.69 Å². The minimum absolute atomic E-state index is 0.141. The summed E-state index contributed by atoms with van der Waals surface area (Å²) in [5, 5.41) is 2.85. The van der Waals surface area contributed by atoms with Gasteiger partial charge in [0.2, 0.25) is 0 Å². The molecule has 0 saturated heterocycles. The van der Waals surface area contributed by atoms with Crippen molar-refractivity contribution >= 4 is 29.3 Å². The van der Waals surface area contributed by atoms with Crippen LogP contribution < -0.4 is 5.32 Å². The molecule has 0 bridgehead atoms. The lowest BCUT2D eigenvalue weighted by Crippen LogP contribution is -2.11. The molecule has 4 nitrogen and oxygen atoms in total. The van der Waals surface area contributed by atoms with Crippen molar-refractivity contribution in [3.05, 3.63) is 53.6 Å². The summed E-state index contributed by atoms with van der Waals surface area (Å²) in [5.41, 5.74) is 1.80. The van der Waals surface area contributed by atoms with Crippen LogP contribution in [0.3, 0.4) is 0 Å². The maximum atomic E-state index is 12.1. The van der Waals surface area contributed by atoms with Crippen LogP contribution in [0.2, 0.25) is 0 Å². The molecular weight excluding hydrogens is 274 g/mol. The van der Waals surface area contributed by atoms with E-state index in [0.717, 1.165) is 9.79 Å². The molecular formula is C15H11NO3S. The van der Waals surface area contributed by atoms with Crippen LogP contribution in [0.1, 0.15) is 20.7 Å². The first-order valence-electron chi connectivity index (χ1n) is 5.99. The summed E-state index contributed by atoms with van der Waals surface area (Å²) < 4.78 is 4.71. The number of benzene rings is 2. The van der Waals surface area contributed by atoms with Crippen LogP contribution in [0.5, 0.6) is 0 Å². The van der Waals surface area contributed by atoms with E-state index in [4.69, 9.17) is 4.74 Å². The summed E-state index contributed by atoms with van der Waals surface area (Å²) in [7, 11) is 1.35. The van der Waals surface area contributed by atoms with Gasteiger partial charge in [-0.2, -0.15) is 0 Å². The molecule has 1 heterocycles. The second-order valence-corrected chi connectivity index (χ2v) is 5.34. The number of fused-ring (bicyclic) bond motifs is 2. The highest BCUT2D eigenvalue weighted by Crippen LogP contribution is 2.39. The summed E-state index contributed by atoms with van der Waals surface area (Å²) in [4.78, 5) is 25.4. The monoisotopic (exact) mass is 285 g/mol. The Morgan fingerprint density at radius 3 is 2.75 bits per heavy atom. The summed E-state index contributed by atoms with van der Waals surface area (Å²) in [6.07, 6.45) is 0. The maximum absolute atomic E-state index is 12.1. The van der Waals surface area contributed by atoms with Gasteiger partial charge in [-0.1, -0.05) is 23.9 Å². The predicted octanol–water partition coefficient (Wildman–Crippen LogP) is 3.19. The Morgan fingerprint density at radius 1 is 1.15 bits per heavy atom. The van der Waals surface area contributed by atoms with Crippen LogP contribution in [0, 0.1) is 0 Å². The van der Waals surface area contributed by atoms with Crippen molar-refractivity contribution < 1.29 is 14.3 Å². The van der Waals surface area contributed by atoms with Crippen molar-refractivity contribution in [1.29, 1.82) is 0 Å². The number of methoxy groups -OCH3 is 1. The first kappa shape index (κ1) is 12.7. The van der Waals surface area contributed by atoms with Crippen LogP contribution in [-0.4, -0.2) is 19.0 Å². The number of amides is 1. The Bertz CT molecular complexity index is 712. The van der Waals surface area contributed by atoms with E-state index in [2.05, 4.69) is 5.32 Å². The fourth-order valence-electron chi connectivity index (χ4n) is 2.01. The molecule has 2 aromatic carbocycles. The lowest BCUT2D eigenvalue weighted by Gasteiger charge is -2.07. The first-order chi connectivity index (χ1) is 9.69. The SMILES string of the molecule is COC(=O)c1ccc2c(c1)Sc1ccccc1C(=O)N2. The highest BCUT2D eigenvalue weighted by molar-refractivity contribution is 7.99. The second kappa shape index (κ2) is 5.02. The van der Waals surface area contributed by atoms with Gasteiger partial charge in [0, 0.05) is 9.79 Å². The van der Waals surface area contributed by atoms with Crippen molar-refractivity contribution in [1.82, 2.24) is 0 Å². The van der Waals surface area contributed by atoms with E-state index >= 15 is 0 Å². The highest BCUT2D eigenvalue weighted by Gasteiger charge is 2.20. The van der Waals surface area contributed by atoms with Gasteiger partial charge in [-0.05, 0) is 30.3 Å². The molecule has 1 amide bonds. The fraction of sp³-hybridized carbons (Fsp3) is 0.0667. The number of hydrogen-bond acceptors (Lipinski definition) is 4. The summed E-state index contributed by atoms with van der Waals surface area (Å²) in [6, 6.07) is 12.5. The van der Waals surface area contributed by atoms with E-state index in [0.29, 0.717) is 16.8 Å². The van der Waals surface area contributed by atoms with Gasteiger partial charge in [-0.3, -0.25) is 4.79 Å². The number of esters is 1. The highest BCUT2D eigenvalue weighted by atomic mass is 32.2. The largest absolute Gasteiger partial charge is 0.465 e. The van der Waals surface area contributed by atoms with Crippen LogP contribution in [0.25, 0.3) is 0 Å². The Hall–Kier alpha value is -2.27. The third-order valence-corrected chi connectivity index (χ3v) is 4.14. The average Bonchev–Trinajstić information content (AvgIpc) is 2.62. The first-order valence-corrected chi connectivity index (χ1v) is 6.81. The zero-order valence-electron chi connectivity index (χ0n) is 10.7. The molecule has 1 N–H and O–H groups in total. The number of carbonyl (C=O) groups excluding carboxylic acids is 2. The minimum atomic E-state index is -0.391. The van der Waals surface area contributed by atoms with Crippen molar-refractivity contribution in [3.8, 4) is 0 Å². The van der Waals surface area contributed by atoms with Gasteiger partial charge in [-0.15, -0.1) is 0 Å². The van der Waals surface area contributed by atoms with Crippen molar-refractivity contribution in [2.75, 3.05) is 12.4 Å². The predicted molar refractivity (Wildman–Crippen MR) is 76.3 cm³/mol. The quantitative estimate of drug-likeness (QED) is 0.818. The van der Waals surface area contributed by atoms with Gasteiger partial charge < -0.3 is 10.1 Å². The summed E-state index contributed by atoms with van der Waals surface area (Å²) in [5.74, 6) is -0.532. The Labute approximate surface area is 120 Å². The smallest absolute Gasteiger partial charge is 0.337 e. The normalized spacial score (nSPS) is 12.8. The van der Waals surface area contributed by atoms with E-state index in [1.54, 1.807) is 24.3 Å². The van der Waals surface area contributed by atoms with Gasteiger partial charge in [0.15, 0.2) is 0 Å². The van der Waals surface area contributed by atoms with Gasteiger partial charge in [0.1, 0.15) is 0 Å². The average molecular weight is 285 g/mol. The van der Waals surface area contributed by atoms with E-state index in [1.807, 2.05) is 18.2 Å². The molecule has 0 fully saturated rings. The molecule has 0 spiro atoms. The van der Waals surface area contributed by atoms with E-state index in [1.165, 1.54) is 18.9 Å². The van der Waals surface area contributed by atoms with E-state index in [9.17, 15) is 9.59 Å². The molecule has 100 valence electrons. The lowest BCUT2D eigenvalue weighted by molar-refractivity contribution is 0.0600. The van der Waals surface area contributed by atoms with Gasteiger partial charge in [0.05, 0.1) is 23.9 Å². The zero-order valence-corrected chi connectivity index (χ0v) is 11.5. The maximum Gasteiger partial charge on any atom is 0.337 e. The third-order valence-electron chi connectivity index (χ3n) is 3.00. The van der Waals surface area contributed by atoms with E-state index in [-0.39, 0.29) is 5.91 Å². The zero-order chi connectivity index (χ0) is 14.1. The van der Waals surface area contributed by atoms with Crippen molar-refractivity contribution in [2.45, 2.75) is 9.79 Å². The molecule has 1 aliphatic rings. The van der Waals surface area contributed by atoms with Crippen LogP contribution >= 0.6 is 11.8 Å². The number of rotatable bonds is 1. The standard InChI is InChI=1S/C15H11NO3S/c1-19-15(18)9-6-7-11-13(8-9)20-12-5-3-2-4-10(12)14(17)16-11/h2-8H,1H3,(H,16,17). The number of hydrogen-bond donors (Lipinski definition) is 1. The molecule has 0 saturated carbocycles. The van der Waals surface area contributed by atoms with Gasteiger partial charge in [-0.25, -0.2) is 4.79 Å². The number of nitrogens with one attached hydrogen (secondary N) is 1. The van der Waals surface area contributed by atoms with Gasteiger partial charge >= 0.3 is 5.97 Å². The van der Waals surface area contributed by atoms with Crippen molar-refractivity contribution in [3.63, 3.8) is 0 Å². The van der Waals surface area contributed by atoms with Gasteiger partial charge in [0.25, 0.3) is 5.91 Å². The summed E-state index contributed by atoms with van der Waals surface area (Å²) >= 11 is 1.46. The third kappa shape index (κ3) is 2.16. The minimum Gasteiger partial charge on any atom is -0.465 e. The molecule has 0 atom stereocenters. The van der Waals surface area contributed by atoms with E-state index < -0.39 is 5.97 Å². The number of ether oxygens (including phenoxy) is 1. The molecule has 3 rings (SSSR count). The Kier molecular flexibility index (Phi) is 3.20. The molecule has 1 aliphatic heterocycles. The Morgan fingerprint density at radius 2 is 1.95 bits per heavy atom. The second-order valence-electron chi connectivity index (χ2n) is 4.25. The molecule has 20 heavy (non-hydrogen) atoms. The number of carbonyl (C=O) groups is 2. The Balaban J connectivity index is 2.09. The summed E-state index contributed by atoms with van der Waals surface area (Å²) in [6.45, 7) is 0. The number of anilines is 1. The van der Waals surface area contributed by atoms with Crippen molar-refractivity contribution in [2.24, 2.45) is 0 Å².